The number of hydrogen-bond acceptors (Lipinski definition) is 3. The molecule has 3 rings (SSSR count). The van der Waals surface area contributed by atoms with Gasteiger partial charge in [-0.05, 0) is 66.7 Å². The van der Waals surface area contributed by atoms with Gasteiger partial charge < -0.3 is 9.84 Å². The molecule has 2 aromatic rings. The molecule has 1 N–H and O–H groups in total. The van der Waals surface area contributed by atoms with E-state index in [0.29, 0.717) is 34.6 Å². The molecule has 0 spiro atoms. The number of phenols is 1. The van der Waals surface area contributed by atoms with E-state index in [4.69, 9.17) is 27.9 Å². The van der Waals surface area contributed by atoms with Gasteiger partial charge >= 0.3 is 0 Å². The maximum absolute atomic E-state index is 10.0. The third-order valence-corrected chi connectivity index (χ3v) is 5.76. The van der Waals surface area contributed by atoms with Crippen molar-refractivity contribution in [3.05, 3.63) is 57.1 Å². The number of phenolic OH excluding ortho intramolecular Hbond substituents is 1. The Hall–Kier alpha value is -1.42. The van der Waals surface area contributed by atoms with Crippen LogP contribution in [0.15, 0.2) is 30.3 Å². The van der Waals surface area contributed by atoms with Crippen molar-refractivity contribution in [1.82, 2.24) is 4.90 Å². The summed E-state index contributed by atoms with van der Waals surface area (Å²) in [5, 5.41) is 11.2. The molecule has 1 saturated heterocycles. The molecule has 0 radical (unpaired) electrons. The standard InChI is InChI=1S/C22H27Cl2NO2/c1-15(2)18-11-16(5-6-22(18)26)12-19-20(23)13-17(14-21(19)24)27-10-9-25-7-3-4-8-25/h5-6,11,13-15,26H,3-4,7-10,12H2,1-2H3. The fourth-order valence-electron chi connectivity index (χ4n) is 3.51. The summed E-state index contributed by atoms with van der Waals surface area (Å²) >= 11 is 13.0. The van der Waals surface area contributed by atoms with Crippen molar-refractivity contribution < 1.29 is 9.84 Å². The second kappa shape index (κ2) is 9.18. The van der Waals surface area contributed by atoms with E-state index in [1.807, 2.05) is 24.3 Å². The van der Waals surface area contributed by atoms with Crippen molar-refractivity contribution in [3.8, 4) is 11.5 Å². The third kappa shape index (κ3) is 5.31. The van der Waals surface area contributed by atoms with Gasteiger partial charge in [0.2, 0.25) is 0 Å². The predicted octanol–water partition coefficient (Wildman–Crippen LogP) is 5.89. The van der Waals surface area contributed by atoms with Crippen LogP contribution in [0.4, 0.5) is 0 Å². The first kappa shape index (κ1) is 20.3. The Morgan fingerprint density at radius 1 is 1.07 bits per heavy atom. The first-order valence-electron chi connectivity index (χ1n) is 9.59. The van der Waals surface area contributed by atoms with Gasteiger partial charge in [-0.3, -0.25) is 4.90 Å². The monoisotopic (exact) mass is 407 g/mol. The lowest BCUT2D eigenvalue weighted by Gasteiger charge is -2.16. The Morgan fingerprint density at radius 2 is 1.74 bits per heavy atom. The number of aromatic hydroxyl groups is 1. The van der Waals surface area contributed by atoms with Gasteiger partial charge in [-0.1, -0.05) is 49.2 Å². The SMILES string of the molecule is CC(C)c1cc(Cc2c(Cl)cc(OCCN3CCCC3)cc2Cl)ccc1O. The van der Waals surface area contributed by atoms with Gasteiger partial charge in [0.25, 0.3) is 0 Å². The molecule has 0 atom stereocenters. The summed E-state index contributed by atoms with van der Waals surface area (Å²) in [6.45, 7) is 8.02. The molecule has 0 unspecified atom stereocenters. The second-order valence-corrected chi connectivity index (χ2v) is 8.30. The van der Waals surface area contributed by atoms with Gasteiger partial charge in [-0.15, -0.1) is 0 Å². The lowest BCUT2D eigenvalue weighted by molar-refractivity contribution is 0.238. The van der Waals surface area contributed by atoms with Crippen molar-refractivity contribution in [2.45, 2.75) is 39.0 Å². The fraction of sp³-hybridized carbons (Fsp3) is 0.455. The van der Waals surface area contributed by atoms with Crippen molar-refractivity contribution in [2.24, 2.45) is 0 Å². The molecule has 0 bridgehead atoms. The van der Waals surface area contributed by atoms with Gasteiger partial charge in [0, 0.05) is 23.0 Å². The van der Waals surface area contributed by atoms with Crippen LogP contribution >= 0.6 is 23.2 Å². The largest absolute Gasteiger partial charge is 0.508 e. The third-order valence-electron chi connectivity index (χ3n) is 5.08. The molecule has 3 nitrogen and oxygen atoms in total. The molecule has 1 aliphatic heterocycles. The molecule has 5 heteroatoms. The smallest absolute Gasteiger partial charge is 0.122 e. The highest BCUT2D eigenvalue weighted by Crippen LogP contribution is 2.34. The summed E-state index contributed by atoms with van der Waals surface area (Å²) in [5.74, 6) is 1.29. The topological polar surface area (TPSA) is 32.7 Å². The second-order valence-electron chi connectivity index (χ2n) is 7.49. The van der Waals surface area contributed by atoms with E-state index in [-0.39, 0.29) is 5.92 Å². The summed E-state index contributed by atoms with van der Waals surface area (Å²) in [6, 6.07) is 9.36. The molecule has 0 amide bonds. The van der Waals surface area contributed by atoms with Gasteiger partial charge in [0.05, 0.1) is 0 Å². The summed E-state index contributed by atoms with van der Waals surface area (Å²) in [7, 11) is 0. The van der Waals surface area contributed by atoms with E-state index in [0.717, 1.165) is 36.3 Å². The number of benzene rings is 2. The minimum Gasteiger partial charge on any atom is -0.508 e. The zero-order valence-electron chi connectivity index (χ0n) is 16.0. The van der Waals surface area contributed by atoms with E-state index in [1.54, 1.807) is 6.07 Å². The minimum absolute atomic E-state index is 0.252. The average molecular weight is 408 g/mol. The molecule has 146 valence electrons. The molecule has 0 aromatic heterocycles. The van der Waals surface area contributed by atoms with Gasteiger partial charge in [0.1, 0.15) is 18.1 Å². The zero-order valence-corrected chi connectivity index (χ0v) is 17.5. The first-order valence-corrected chi connectivity index (χ1v) is 10.3. The van der Waals surface area contributed by atoms with Crippen LogP contribution in [0.2, 0.25) is 10.0 Å². The number of halogens is 2. The van der Waals surface area contributed by atoms with Crippen LogP contribution in [0.1, 0.15) is 49.3 Å². The Kier molecular flexibility index (Phi) is 6.91. The average Bonchev–Trinajstić information content (AvgIpc) is 3.12. The summed E-state index contributed by atoms with van der Waals surface area (Å²) in [5.41, 5.74) is 2.88. The Balaban J connectivity index is 1.68. The van der Waals surface area contributed by atoms with Crippen molar-refractivity contribution in [3.63, 3.8) is 0 Å². The maximum atomic E-state index is 10.0. The minimum atomic E-state index is 0.252. The fourth-order valence-corrected chi connectivity index (χ4v) is 4.11. The van der Waals surface area contributed by atoms with Gasteiger partial charge in [-0.2, -0.15) is 0 Å². The Bertz CT molecular complexity index is 763. The number of nitrogens with zero attached hydrogens (tertiary/aromatic N) is 1. The number of ether oxygens (including phenoxy) is 1. The molecular weight excluding hydrogens is 381 g/mol. The highest BCUT2D eigenvalue weighted by molar-refractivity contribution is 6.36. The molecular formula is C22H27Cl2NO2. The summed E-state index contributed by atoms with van der Waals surface area (Å²) < 4.78 is 5.86. The number of rotatable bonds is 7. The quantitative estimate of drug-likeness (QED) is 0.620. The lowest BCUT2D eigenvalue weighted by atomic mass is 9.96. The number of hydrogen-bond donors (Lipinski definition) is 1. The van der Waals surface area contributed by atoms with Crippen LogP contribution < -0.4 is 4.74 Å². The van der Waals surface area contributed by atoms with Crippen LogP contribution in [0.3, 0.4) is 0 Å². The van der Waals surface area contributed by atoms with E-state index in [9.17, 15) is 5.11 Å². The van der Waals surface area contributed by atoms with E-state index in [2.05, 4.69) is 18.7 Å². The van der Waals surface area contributed by atoms with Crippen LogP contribution in [0.5, 0.6) is 11.5 Å². The maximum Gasteiger partial charge on any atom is 0.122 e. The van der Waals surface area contributed by atoms with Crippen LogP contribution in [-0.4, -0.2) is 36.2 Å². The van der Waals surface area contributed by atoms with Gasteiger partial charge in [0.15, 0.2) is 0 Å². The van der Waals surface area contributed by atoms with Crippen LogP contribution in [0, 0.1) is 0 Å². The summed E-state index contributed by atoms with van der Waals surface area (Å²) in [4.78, 5) is 2.41. The molecule has 0 aliphatic carbocycles. The van der Waals surface area contributed by atoms with E-state index < -0.39 is 0 Å². The molecule has 1 heterocycles. The Labute approximate surface area is 171 Å². The van der Waals surface area contributed by atoms with Crippen molar-refractivity contribution in [1.29, 1.82) is 0 Å². The van der Waals surface area contributed by atoms with Crippen molar-refractivity contribution in [2.75, 3.05) is 26.2 Å². The van der Waals surface area contributed by atoms with Crippen molar-refractivity contribution >= 4 is 23.2 Å². The molecule has 1 aliphatic rings. The highest BCUT2D eigenvalue weighted by atomic mass is 35.5. The molecule has 0 saturated carbocycles. The van der Waals surface area contributed by atoms with Crippen LogP contribution in [0.25, 0.3) is 0 Å². The van der Waals surface area contributed by atoms with E-state index in [1.165, 1.54) is 12.8 Å². The first-order chi connectivity index (χ1) is 12.9. The lowest BCUT2D eigenvalue weighted by Crippen LogP contribution is -2.25. The normalized spacial score (nSPS) is 14.9. The molecule has 2 aromatic carbocycles. The van der Waals surface area contributed by atoms with E-state index >= 15 is 0 Å². The zero-order chi connectivity index (χ0) is 19.4. The Morgan fingerprint density at radius 3 is 2.37 bits per heavy atom. The molecule has 1 fully saturated rings. The predicted molar refractivity (Wildman–Crippen MR) is 113 cm³/mol. The highest BCUT2D eigenvalue weighted by Gasteiger charge is 2.14. The molecule has 27 heavy (non-hydrogen) atoms. The van der Waals surface area contributed by atoms with Gasteiger partial charge in [-0.25, -0.2) is 0 Å². The summed E-state index contributed by atoms with van der Waals surface area (Å²) in [6.07, 6.45) is 3.18. The van der Waals surface area contributed by atoms with Crippen LogP contribution in [-0.2, 0) is 6.42 Å². The number of likely N-dealkylation sites (tertiary alicyclic amines) is 1.